The molecule has 0 aliphatic heterocycles. The molecule has 3 aromatic rings. The molecule has 0 bridgehead atoms. The zero-order valence-electron chi connectivity index (χ0n) is 14.7. The molecule has 0 aliphatic carbocycles. The van der Waals surface area contributed by atoms with E-state index in [1.807, 2.05) is 61.5 Å². The maximum absolute atomic E-state index is 12.7. The van der Waals surface area contributed by atoms with Crippen LogP contribution < -0.4 is 10.2 Å². The number of rotatable bonds is 6. The fraction of sp³-hybridized carbons (Fsp3) is 0.150. The molecule has 0 unspecified atom stereocenters. The van der Waals surface area contributed by atoms with Gasteiger partial charge in [-0.05, 0) is 30.3 Å². The van der Waals surface area contributed by atoms with Gasteiger partial charge < -0.3 is 10.2 Å². The Balaban J connectivity index is 1.75. The van der Waals surface area contributed by atoms with Gasteiger partial charge in [0.25, 0.3) is 5.91 Å². The van der Waals surface area contributed by atoms with Crippen molar-refractivity contribution < 1.29 is 4.79 Å². The maximum atomic E-state index is 12.7. The van der Waals surface area contributed by atoms with E-state index in [9.17, 15) is 4.79 Å². The first-order valence-electron chi connectivity index (χ1n) is 8.22. The second kappa shape index (κ2) is 8.49. The fourth-order valence-electron chi connectivity index (χ4n) is 2.49. The molecule has 5 nitrogen and oxygen atoms in total. The quantitative estimate of drug-likeness (QED) is 0.724. The molecule has 1 amide bonds. The molecule has 132 valence electrons. The highest BCUT2D eigenvalue weighted by atomic mass is 32.2. The van der Waals surface area contributed by atoms with E-state index >= 15 is 0 Å². The normalized spacial score (nSPS) is 10.4. The Labute approximate surface area is 157 Å². The summed E-state index contributed by atoms with van der Waals surface area (Å²) in [5.41, 5.74) is 1.53. The molecule has 1 aromatic carbocycles. The molecular formula is C20H20N4OS. The van der Waals surface area contributed by atoms with Gasteiger partial charge >= 0.3 is 0 Å². The van der Waals surface area contributed by atoms with Crippen LogP contribution in [-0.2, 0) is 6.54 Å². The molecule has 0 saturated heterocycles. The number of pyridine rings is 2. The Hall–Kier alpha value is -2.86. The summed E-state index contributed by atoms with van der Waals surface area (Å²) < 4.78 is 0. The number of carbonyl (C=O) groups excluding carboxylic acids is 1. The van der Waals surface area contributed by atoms with Gasteiger partial charge in [0.1, 0.15) is 10.8 Å². The Morgan fingerprint density at radius 2 is 1.73 bits per heavy atom. The highest BCUT2D eigenvalue weighted by molar-refractivity contribution is 7.99. The van der Waals surface area contributed by atoms with Gasteiger partial charge in [-0.25, -0.2) is 9.97 Å². The summed E-state index contributed by atoms with van der Waals surface area (Å²) in [6.45, 7) is 0.407. The summed E-state index contributed by atoms with van der Waals surface area (Å²) in [4.78, 5) is 24.4. The van der Waals surface area contributed by atoms with Crippen molar-refractivity contribution in [1.29, 1.82) is 0 Å². The van der Waals surface area contributed by atoms with Gasteiger partial charge in [0.05, 0.1) is 5.56 Å². The van der Waals surface area contributed by atoms with E-state index in [0.717, 1.165) is 16.3 Å². The number of amides is 1. The smallest absolute Gasteiger partial charge is 0.254 e. The van der Waals surface area contributed by atoms with Crippen molar-refractivity contribution in [1.82, 2.24) is 15.3 Å². The van der Waals surface area contributed by atoms with Crippen molar-refractivity contribution in [3.8, 4) is 0 Å². The van der Waals surface area contributed by atoms with Crippen LogP contribution >= 0.6 is 11.8 Å². The third-order valence-corrected chi connectivity index (χ3v) is 4.73. The lowest BCUT2D eigenvalue weighted by Crippen LogP contribution is -2.25. The molecule has 6 heteroatoms. The van der Waals surface area contributed by atoms with Crippen molar-refractivity contribution >= 4 is 23.5 Å². The SMILES string of the molecule is CN(C)c1ncccc1CNC(=O)c1cccnc1Sc1ccccc1. The first-order valence-corrected chi connectivity index (χ1v) is 9.04. The van der Waals surface area contributed by atoms with Gasteiger partial charge in [-0.1, -0.05) is 36.0 Å². The van der Waals surface area contributed by atoms with Crippen LogP contribution in [-0.4, -0.2) is 30.0 Å². The summed E-state index contributed by atoms with van der Waals surface area (Å²) in [7, 11) is 3.87. The van der Waals surface area contributed by atoms with Crippen LogP contribution in [0.15, 0.2) is 76.9 Å². The van der Waals surface area contributed by atoms with Crippen LogP contribution in [0, 0.1) is 0 Å². The zero-order chi connectivity index (χ0) is 18.4. The molecule has 0 aliphatic rings. The van der Waals surface area contributed by atoms with E-state index in [2.05, 4.69) is 15.3 Å². The number of benzene rings is 1. The number of anilines is 1. The van der Waals surface area contributed by atoms with Gasteiger partial charge in [-0.2, -0.15) is 0 Å². The number of aromatic nitrogens is 2. The predicted octanol–water partition coefficient (Wildman–Crippen LogP) is 3.62. The third kappa shape index (κ3) is 4.40. The highest BCUT2D eigenvalue weighted by Gasteiger charge is 2.14. The van der Waals surface area contributed by atoms with Crippen LogP contribution in [0.1, 0.15) is 15.9 Å². The molecule has 0 atom stereocenters. The van der Waals surface area contributed by atoms with Crippen LogP contribution in [0.5, 0.6) is 0 Å². The summed E-state index contributed by atoms with van der Waals surface area (Å²) >= 11 is 1.48. The Kier molecular flexibility index (Phi) is 5.86. The average molecular weight is 364 g/mol. The number of hydrogen-bond acceptors (Lipinski definition) is 5. The van der Waals surface area contributed by atoms with Crippen molar-refractivity contribution in [3.05, 3.63) is 78.1 Å². The molecule has 3 rings (SSSR count). The molecular weight excluding hydrogens is 344 g/mol. The number of carbonyl (C=O) groups is 1. The molecule has 0 saturated carbocycles. The van der Waals surface area contributed by atoms with Crippen molar-refractivity contribution in [2.45, 2.75) is 16.5 Å². The summed E-state index contributed by atoms with van der Waals surface area (Å²) in [6.07, 6.45) is 3.45. The molecule has 0 fully saturated rings. The number of nitrogens with one attached hydrogen (secondary N) is 1. The molecule has 2 aromatic heterocycles. The van der Waals surface area contributed by atoms with Crippen molar-refractivity contribution in [2.75, 3.05) is 19.0 Å². The van der Waals surface area contributed by atoms with Crippen LogP contribution in [0.3, 0.4) is 0 Å². The topological polar surface area (TPSA) is 58.1 Å². The summed E-state index contributed by atoms with van der Waals surface area (Å²) in [5, 5.41) is 3.67. The van der Waals surface area contributed by atoms with Crippen LogP contribution in [0.25, 0.3) is 0 Å². The molecule has 2 heterocycles. The molecule has 26 heavy (non-hydrogen) atoms. The molecule has 0 spiro atoms. The second-order valence-corrected chi connectivity index (χ2v) is 6.90. The van der Waals surface area contributed by atoms with Crippen molar-refractivity contribution in [2.24, 2.45) is 0 Å². The highest BCUT2D eigenvalue weighted by Crippen LogP contribution is 2.28. The number of nitrogens with zero attached hydrogens (tertiary/aromatic N) is 3. The Bertz CT molecular complexity index is 884. The van der Waals surface area contributed by atoms with Crippen molar-refractivity contribution in [3.63, 3.8) is 0 Å². The molecule has 0 radical (unpaired) electrons. The van der Waals surface area contributed by atoms with Gasteiger partial charge in [0.15, 0.2) is 0 Å². The minimum atomic E-state index is -0.148. The zero-order valence-corrected chi connectivity index (χ0v) is 15.5. The monoisotopic (exact) mass is 364 g/mol. The van der Waals surface area contributed by atoms with E-state index in [1.165, 1.54) is 11.8 Å². The summed E-state index contributed by atoms with van der Waals surface area (Å²) in [5.74, 6) is 0.697. The largest absolute Gasteiger partial charge is 0.362 e. The van der Waals surface area contributed by atoms with Crippen LogP contribution in [0.2, 0.25) is 0 Å². The lowest BCUT2D eigenvalue weighted by Gasteiger charge is -2.16. The lowest BCUT2D eigenvalue weighted by molar-refractivity contribution is 0.0947. The van der Waals surface area contributed by atoms with Gasteiger partial charge in [0, 0.05) is 43.5 Å². The van der Waals surface area contributed by atoms with Crippen LogP contribution in [0.4, 0.5) is 5.82 Å². The number of hydrogen-bond donors (Lipinski definition) is 1. The summed E-state index contributed by atoms with van der Waals surface area (Å²) in [6, 6.07) is 17.3. The fourth-order valence-corrected chi connectivity index (χ4v) is 3.39. The minimum absolute atomic E-state index is 0.148. The first-order chi connectivity index (χ1) is 12.6. The van der Waals surface area contributed by atoms with E-state index in [-0.39, 0.29) is 5.91 Å². The van der Waals surface area contributed by atoms with E-state index in [4.69, 9.17) is 0 Å². The Morgan fingerprint density at radius 1 is 1.00 bits per heavy atom. The average Bonchev–Trinajstić information content (AvgIpc) is 2.67. The van der Waals surface area contributed by atoms with Gasteiger partial charge in [-0.15, -0.1) is 0 Å². The van der Waals surface area contributed by atoms with Gasteiger partial charge in [0.2, 0.25) is 0 Å². The lowest BCUT2D eigenvalue weighted by atomic mass is 10.2. The molecule has 1 N–H and O–H groups in total. The van der Waals surface area contributed by atoms with E-state index in [1.54, 1.807) is 24.5 Å². The standard InChI is InChI=1S/C20H20N4OS/c1-24(2)18-15(8-6-12-21-18)14-23-19(25)17-11-7-13-22-20(17)26-16-9-4-3-5-10-16/h3-13H,14H2,1-2H3,(H,23,25). The van der Waals surface area contributed by atoms with E-state index < -0.39 is 0 Å². The second-order valence-electron chi connectivity index (χ2n) is 5.83. The first kappa shape index (κ1) is 17.9. The van der Waals surface area contributed by atoms with Gasteiger partial charge in [-0.3, -0.25) is 4.79 Å². The van der Waals surface area contributed by atoms with E-state index in [0.29, 0.717) is 17.1 Å². The third-order valence-electron chi connectivity index (χ3n) is 3.70. The predicted molar refractivity (Wildman–Crippen MR) is 105 cm³/mol. The minimum Gasteiger partial charge on any atom is -0.362 e. The maximum Gasteiger partial charge on any atom is 0.254 e. The Morgan fingerprint density at radius 3 is 2.50 bits per heavy atom.